The summed E-state index contributed by atoms with van der Waals surface area (Å²) in [5, 5.41) is 3.82. The number of nitrogens with two attached hydrogens (primary N) is 1. The molecular formula is C15H15N3O4S2. The van der Waals surface area contributed by atoms with Gasteiger partial charge in [-0.05, 0) is 48.1 Å². The lowest BCUT2D eigenvalue weighted by atomic mass is 10.2. The first-order valence-electron chi connectivity index (χ1n) is 6.68. The van der Waals surface area contributed by atoms with Gasteiger partial charge in [0.05, 0.1) is 13.3 Å². The lowest BCUT2D eigenvalue weighted by molar-refractivity contribution is 0.390. The number of ether oxygens (including phenoxy) is 1. The molecule has 0 amide bonds. The first-order chi connectivity index (χ1) is 11.4. The fourth-order valence-corrected chi connectivity index (χ4v) is 2.77. The van der Waals surface area contributed by atoms with Crippen LogP contribution >= 0.6 is 12.2 Å². The number of rotatable bonds is 6. The molecule has 0 unspecified atom stereocenters. The maximum absolute atomic E-state index is 12.3. The van der Waals surface area contributed by atoms with Crippen LogP contribution in [-0.4, -0.2) is 26.9 Å². The average molecular weight is 365 g/mol. The highest BCUT2D eigenvalue weighted by molar-refractivity contribution is 7.87. The summed E-state index contributed by atoms with van der Waals surface area (Å²) in [6.45, 7) is 0. The lowest BCUT2D eigenvalue weighted by Crippen LogP contribution is -2.23. The van der Waals surface area contributed by atoms with Gasteiger partial charge in [-0.2, -0.15) is 13.5 Å². The van der Waals surface area contributed by atoms with Crippen molar-refractivity contribution in [1.82, 2.24) is 5.43 Å². The van der Waals surface area contributed by atoms with Crippen LogP contribution in [0.5, 0.6) is 11.5 Å². The van der Waals surface area contributed by atoms with E-state index in [2.05, 4.69) is 22.7 Å². The first kappa shape index (κ1) is 17.7. The van der Waals surface area contributed by atoms with Gasteiger partial charge < -0.3 is 14.7 Å². The molecule has 0 aliphatic heterocycles. The lowest BCUT2D eigenvalue weighted by Gasteiger charge is -2.11. The molecule has 0 aliphatic carbocycles. The van der Waals surface area contributed by atoms with Crippen molar-refractivity contribution in [1.29, 1.82) is 0 Å². The van der Waals surface area contributed by atoms with E-state index in [1.54, 1.807) is 30.3 Å². The number of hydrazone groups is 1. The van der Waals surface area contributed by atoms with E-state index in [4.69, 9.17) is 14.7 Å². The Morgan fingerprint density at radius 1 is 1.21 bits per heavy atom. The molecule has 2 rings (SSSR count). The Morgan fingerprint density at radius 2 is 1.92 bits per heavy atom. The second-order valence-electron chi connectivity index (χ2n) is 4.50. The molecule has 0 aliphatic rings. The van der Waals surface area contributed by atoms with Gasteiger partial charge in [-0.3, -0.25) is 5.43 Å². The van der Waals surface area contributed by atoms with E-state index >= 15 is 0 Å². The van der Waals surface area contributed by atoms with Gasteiger partial charge in [0.25, 0.3) is 0 Å². The maximum Gasteiger partial charge on any atom is 0.339 e. The van der Waals surface area contributed by atoms with E-state index in [1.165, 1.54) is 31.5 Å². The Kier molecular flexibility index (Phi) is 5.72. The van der Waals surface area contributed by atoms with Crippen molar-refractivity contribution in [3.05, 3.63) is 54.1 Å². The van der Waals surface area contributed by atoms with Crippen molar-refractivity contribution in [2.24, 2.45) is 10.8 Å². The molecule has 2 aromatic carbocycles. The Hall–Kier alpha value is -2.65. The van der Waals surface area contributed by atoms with E-state index in [1.807, 2.05) is 0 Å². The summed E-state index contributed by atoms with van der Waals surface area (Å²) in [6, 6.07) is 12.5. The van der Waals surface area contributed by atoms with Crippen LogP contribution in [-0.2, 0) is 10.1 Å². The summed E-state index contributed by atoms with van der Waals surface area (Å²) in [6.07, 6.45) is 1.42. The molecule has 0 radical (unpaired) electrons. The number of hydrogen-bond acceptors (Lipinski definition) is 6. The van der Waals surface area contributed by atoms with Crippen molar-refractivity contribution in [3.63, 3.8) is 0 Å². The number of nitrogens with zero attached hydrogens (tertiary/aromatic N) is 1. The predicted molar refractivity (Wildman–Crippen MR) is 94.8 cm³/mol. The van der Waals surface area contributed by atoms with Crippen LogP contribution in [0, 0.1) is 0 Å². The monoisotopic (exact) mass is 365 g/mol. The second-order valence-corrected chi connectivity index (χ2v) is 6.48. The van der Waals surface area contributed by atoms with Gasteiger partial charge in [-0.15, -0.1) is 0 Å². The Labute approximate surface area is 145 Å². The number of methoxy groups -OCH3 is 1. The quantitative estimate of drug-likeness (QED) is 0.347. The molecule has 0 atom stereocenters. The summed E-state index contributed by atoms with van der Waals surface area (Å²) in [7, 11) is -2.56. The van der Waals surface area contributed by atoms with Crippen LogP contribution < -0.4 is 20.1 Å². The van der Waals surface area contributed by atoms with Crippen molar-refractivity contribution >= 4 is 33.7 Å². The number of thiocarbonyl (C=S) groups is 1. The largest absolute Gasteiger partial charge is 0.493 e. The molecule has 2 aromatic rings. The Bertz CT molecular complexity index is 852. The number of benzene rings is 2. The van der Waals surface area contributed by atoms with Crippen LogP contribution in [0.25, 0.3) is 0 Å². The van der Waals surface area contributed by atoms with Gasteiger partial charge in [0, 0.05) is 0 Å². The summed E-state index contributed by atoms with van der Waals surface area (Å²) in [4.78, 5) is 0.0428. The van der Waals surface area contributed by atoms with E-state index < -0.39 is 10.1 Å². The van der Waals surface area contributed by atoms with E-state index in [-0.39, 0.29) is 21.5 Å². The average Bonchev–Trinajstić information content (AvgIpc) is 2.55. The van der Waals surface area contributed by atoms with Gasteiger partial charge in [-0.1, -0.05) is 18.2 Å². The van der Waals surface area contributed by atoms with Gasteiger partial charge in [0.15, 0.2) is 16.6 Å². The third-order valence-corrected chi connectivity index (χ3v) is 4.15. The molecular weight excluding hydrogens is 350 g/mol. The summed E-state index contributed by atoms with van der Waals surface area (Å²) in [5.74, 6) is 0.314. The molecule has 3 N–H and O–H groups in total. The Morgan fingerprint density at radius 3 is 2.54 bits per heavy atom. The zero-order chi connectivity index (χ0) is 17.6. The fraction of sp³-hybridized carbons (Fsp3) is 0.0667. The molecule has 0 bridgehead atoms. The van der Waals surface area contributed by atoms with Crippen molar-refractivity contribution in [2.45, 2.75) is 4.90 Å². The molecule has 0 saturated carbocycles. The van der Waals surface area contributed by atoms with Crippen LogP contribution in [0.2, 0.25) is 0 Å². The minimum Gasteiger partial charge on any atom is -0.493 e. The molecule has 0 fully saturated rings. The number of hydrogen-bond donors (Lipinski definition) is 2. The molecule has 7 nitrogen and oxygen atoms in total. The van der Waals surface area contributed by atoms with E-state index in [9.17, 15) is 8.42 Å². The molecule has 24 heavy (non-hydrogen) atoms. The Balaban J connectivity index is 2.31. The first-order valence-corrected chi connectivity index (χ1v) is 8.50. The van der Waals surface area contributed by atoms with Gasteiger partial charge in [0.2, 0.25) is 0 Å². The standard InChI is InChI=1S/C15H15N3O4S2/c1-21-13-8-7-11(10-17-18-15(16)23)9-14(13)22-24(19,20)12-5-3-2-4-6-12/h2-10H,1H3,(H3,16,18,23)/b17-10-. The third kappa shape index (κ3) is 4.67. The zero-order valence-electron chi connectivity index (χ0n) is 12.7. The van der Waals surface area contributed by atoms with E-state index in [0.29, 0.717) is 5.56 Å². The topological polar surface area (TPSA) is 103 Å². The van der Waals surface area contributed by atoms with Crippen LogP contribution in [0.15, 0.2) is 58.5 Å². The SMILES string of the molecule is COc1ccc(/C=N\NC(N)=S)cc1OS(=O)(=O)c1ccccc1. The maximum atomic E-state index is 12.3. The van der Waals surface area contributed by atoms with Crippen molar-refractivity contribution in [2.75, 3.05) is 7.11 Å². The van der Waals surface area contributed by atoms with Gasteiger partial charge >= 0.3 is 10.1 Å². The van der Waals surface area contributed by atoms with Gasteiger partial charge in [-0.25, -0.2) is 0 Å². The van der Waals surface area contributed by atoms with Crippen LogP contribution in [0.3, 0.4) is 0 Å². The zero-order valence-corrected chi connectivity index (χ0v) is 14.3. The molecule has 0 heterocycles. The van der Waals surface area contributed by atoms with Gasteiger partial charge in [0.1, 0.15) is 4.90 Å². The van der Waals surface area contributed by atoms with Crippen molar-refractivity contribution < 1.29 is 17.3 Å². The molecule has 0 spiro atoms. The summed E-state index contributed by atoms with van der Waals surface area (Å²) in [5.41, 5.74) is 8.23. The minimum absolute atomic E-state index is 0.0166. The molecule has 126 valence electrons. The highest BCUT2D eigenvalue weighted by atomic mass is 32.2. The minimum atomic E-state index is -3.98. The van der Waals surface area contributed by atoms with Crippen LogP contribution in [0.4, 0.5) is 0 Å². The van der Waals surface area contributed by atoms with E-state index in [0.717, 1.165) is 0 Å². The fourth-order valence-electron chi connectivity index (χ4n) is 1.76. The molecule has 9 heteroatoms. The smallest absolute Gasteiger partial charge is 0.339 e. The summed E-state index contributed by atoms with van der Waals surface area (Å²) >= 11 is 4.63. The molecule has 0 saturated heterocycles. The highest BCUT2D eigenvalue weighted by Crippen LogP contribution is 2.30. The molecule has 0 aromatic heterocycles. The number of nitrogens with one attached hydrogen (secondary N) is 1. The third-order valence-electron chi connectivity index (χ3n) is 2.81. The second kappa shape index (κ2) is 7.75. The van der Waals surface area contributed by atoms with Crippen LogP contribution in [0.1, 0.15) is 5.56 Å². The normalized spacial score (nSPS) is 11.2. The predicted octanol–water partition coefficient (Wildman–Crippen LogP) is 1.63. The highest BCUT2D eigenvalue weighted by Gasteiger charge is 2.18. The summed E-state index contributed by atoms with van der Waals surface area (Å²) < 4.78 is 35.0. The van der Waals surface area contributed by atoms with Crippen molar-refractivity contribution in [3.8, 4) is 11.5 Å².